The number of nitriles is 1. The molecule has 7 heteroatoms. The number of anilines is 1. The molecule has 0 saturated heterocycles. The molecule has 144 valence electrons. The van der Waals surface area contributed by atoms with Crippen molar-refractivity contribution in [1.29, 1.82) is 5.26 Å². The molecule has 0 spiro atoms. The zero-order valence-corrected chi connectivity index (χ0v) is 16.4. The number of carboxylic acid groups (broad SMARTS) is 1. The van der Waals surface area contributed by atoms with Crippen LogP contribution in [0.15, 0.2) is 36.4 Å². The van der Waals surface area contributed by atoms with Gasteiger partial charge in [0.1, 0.15) is 16.8 Å². The van der Waals surface area contributed by atoms with E-state index in [9.17, 15) is 20.0 Å². The number of amides is 1. The highest BCUT2D eigenvalue weighted by molar-refractivity contribution is 7.17. The van der Waals surface area contributed by atoms with Crippen molar-refractivity contribution in [2.24, 2.45) is 11.8 Å². The quantitative estimate of drug-likeness (QED) is 0.738. The van der Waals surface area contributed by atoms with Crippen LogP contribution in [-0.4, -0.2) is 24.1 Å². The van der Waals surface area contributed by atoms with Gasteiger partial charge in [0.25, 0.3) is 0 Å². The lowest BCUT2D eigenvalue weighted by atomic mass is 9.82. The minimum atomic E-state index is -0.980. The van der Waals surface area contributed by atoms with E-state index in [1.165, 1.54) is 11.3 Å². The van der Waals surface area contributed by atoms with E-state index in [2.05, 4.69) is 11.4 Å². The molecule has 1 heterocycles. The summed E-state index contributed by atoms with van der Waals surface area (Å²) in [5, 5.41) is 22.4. The number of carbonyl (C=O) groups is 2. The molecule has 28 heavy (non-hydrogen) atoms. The van der Waals surface area contributed by atoms with Crippen LogP contribution in [0.3, 0.4) is 0 Å². The van der Waals surface area contributed by atoms with Crippen LogP contribution >= 0.6 is 11.3 Å². The Labute approximate surface area is 167 Å². The number of thiophene rings is 1. The van der Waals surface area contributed by atoms with Gasteiger partial charge < -0.3 is 15.2 Å². The van der Waals surface area contributed by atoms with E-state index in [0.717, 1.165) is 16.0 Å². The van der Waals surface area contributed by atoms with Crippen molar-refractivity contribution in [2.75, 3.05) is 12.4 Å². The number of ether oxygens (including phenoxy) is 1. The van der Waals surface area contributed by atoms with Crippen molar-refractivity contribution >= 4 is 28.2 Å². The zero-order chi connectivity index (χ0) is 20.3. The molecule has 2 N–H and O–H groups in total. The maximum Gasteiger partial charge on any atom is 0.307 e. The van der Waals surface area contributed by atoms with E-state index in [1.807, 2.05) is 37.3 Å². The molecule has 1 aromatic carbocycles. The maximum atomic E-state index is 12.8. The number of rotatable bonds is 5. The van der Waals surface area contributed by atoms with E-state index >= 15 is 0 Å². The van der Waals surface area contributed by atoms with Gasteiger partial charge in [-0.25, -0.2) is 0 Å². The highest BCUT2D eigenvalue weighted by Gasteiger charge is 2.34. The van der Waals surface area contributed by atoms with Crippen LogP contribution in [0.1, 0.15) is 23.3 Å². The summed E-state index contributed by atoms with van der Waals surface area (Å²) >= 11 is 1.32. The summed E-state index contributed by atoms with van der Waals surface area (Å²) in [7, 11) is 1.59. The summed E-state index contributed by atoms with van der Waals surface area (Å²) in [4.78, 5) is 25.1. The van der Waals surface area contributed by atoms with Crippen molar-refractivity contribution < 1.29 is 19.4 Å². The van der Waals surface area contributed by atoms with Gasteiger partial charge in [0.05, 0.1) is 24.5 Å². The average molecular weight is 396 g/mol. The van der Waals surface area contributed by atoms with Crippen LogP contribution in [0, 0.1) is 30.1 Å². The van der Waals surface area contributed by atoms with Gasteiger partial charge in [-0.1, -0.05) is 24.3 Å². The number of hydrogen-bond acceptors (Lipinski definition) is 5. The number of aliphatic carboxylic acids is 1. The number of nitrogens with zero attached hydrogens (tertiary/aromatic N) is 1. The van der Waals surface area contributed by atoms with E-state index in [4.69, 9.17) is 4.74 Å². The first kappa shape index (κ1) is 19.6. The number of methoxy groups -OCH3 is 1. The van der Waals surface area contributed by atoms with Crippen molar-refractivity contribution in [1.82, 2.24) is 0 Å². The Morgan fingerprint density at radius 1 is 1.21 bits per heavy atom. The van der Waals surface area contributed by atoms with Crippen LogP contribution in [0.2, 0.25) is 0 Å². The van der Waals surface area contributed by atoms with E-state index in [1.54, 1.807) is 13.2 Å². The van der Waals surface area contributed by atoms with Gasteiger partial charge in [-0.2, -0.15) is 5.26 Å². The fraction of sp³-hybridized carbons (Fsp3) is 0.286. The molecule has 0 radical (unpaired) electrons. The molecule has 1 aliphatic rings. The Hall–Kier alpha value is -3.11. The Morgan fingerprint density at radius 2 is 1.86 bits per heavy atom. The predicted octanol–water partition coefficient (Wildman–Crippen LogP) is 4.21. The fourth-order valence-electron chi connectivity index (χ4n) is 3.43. The molecule has 1 aromatic heterocycles. The van der Waals surface area contributed by atoms with Crippen molar-refractivity contribution in [3.63, 3.8) is 0 Å². The number of carboxylic acids is 1. The monoisotopic (exact) mass is 396 g/mol. The van der Waals surface area contributed by atoms with E-state index in [0.29, 0.717) is 29.2 Å². The highest BCUT2D eigenvalue weighted by Crippen LogP contribution is 2.40. The average Bonchev–Trinajstić information content (AvgIpc) is 3.02. The molecule has 0 fully saturated rings. The number of aryl methyl sites for hydroxylation is 1. The Kier molecular flexibility index (Phi) is 5.81. The zero-order valence-electron chi connectivity index (χ0n) is 15.6. The second-order valence-electron chi connectivity index (χ2n) is 6.56. The predicted molar refractivity (Wildman–Crippen MR) is 107 cm³/mol. The Bertz CT molecular complexity index is 970. The second kappa shape index (κ2) is 8.28. The SMILES string of the molecule is COc1ccc(-c2c(C)sc(NC(=O)[C@@H]3CC=CC[C@@H]3C(=O)O)c2C#N)cc1. The number of hydrogen-bond donors (Lipinski definition) is 2. The van der Waals surface area contributed by atoms with Crippen LogP contribution in [0.25, 0.3) is 11.1 Å². The first-order chi connectivity index (χ1) is 13.5. The molecule has 1 amide bonds. The number of nitrogens with one attached hydrogen (secondary N) is 1. The molecule has 0 aliphatic heterocycles. The molecule has 0 unspecified atom stereocenters. The smallest absolute Gasteiger partial charge is 0.307 e. The minimum Gasteiger partial charge on any atom is -0.497 e. The first-order valence-electron chi connectivity index (χ1n) is 8.82. The van der Waals surface area contributed by atoms with Gasteiger partial charge in [-0.15, -0.1) is 11.3 Å². The number of carbonyl (C=O) groups excluding carboxylic acids is 1. The summed E-state index contributed by atoms with van der Waals surface area (Å²) in [5.74, 6) is -2.03. The first-order valence-corrected chi connectivity index (χ1v) is 9.64. The van der Waals surface area contributed by atoms with Crippen LogP contribution in [-0.2, 0) is 9.59 Å². The van der Waals surface area contributed by atoms with Crippen LogP contribution in [0.4, 0.5) is 5.00 Å². The van der Waals surface area contributed by atoms with Gasteiger partial charge in [-0.05, 0) is 37.5 Å². The summed E-state index contributed by atoms with van der Waals surface area (Å²) in [5.41, 5.74) is 2.01. The molecule has 0 bridgehead atoms. The molecule has 0 saturated carbocycles. The maximum absolute atomic E-state index is 12.8. The third-order valence-electron chi connectivity index (χ3n) is 4.90. The third kappa shape index (κ3) is 3.78. The van der Waals surface area contributed by atoms with Crippen LogP contribution in [0.5, 0.6) is 5.75 Å². The standard InChI is InChI=1S/C21H20N2O4S/c1-12-18(13-7-9-14(27-2)10-8-13)17(11-22)20(28-12)23-19(24)15-5-3-4-6-16(15)21(25)26/h3-4,7-10,15-16H,5-6H2,1-2H3,(H,23,24)(H,25,26)/t15-,16+/m1/s1. The molecular formula is C21H20N2O4S. The molecule has 3 rings (SSSR count). The van der Waals surface area contributed by atoms with Gasteiger partial charge in [0.2, 0.25) is 5.91 Å². The lowest BCUT2D eigenvalue weighted by Gasteiger charge is -2.23. The normalized spacial score (nSPS) is 18.3. The third-order valence-corrected chi connectivity index (χ3v) is 5.92. The largest absolute Gasteiger partial charge is 0.497 e. The molecular weight excluding hydrogens is 376 g/mol. The van der Waals surface area contributed by atoms with Crippen molar-refractivity contribution in [2.45, 2.75) is 19.8 Å². The van der Waals surface area contributed by atoms with Crippen molar-refractivity contribution in [3.05, 3.63) is 46.9 Å². The Balaban J connectivity index is 1.91. The van der Waals surface area contributed by atoms with Gasteiger partial charge in [0, 0.05) is 10.4 Å². The lowest BCUT2D eigenvalue weighted by Crippen LogP contribution is -2.34. The molecule has 2 aromatic rings. The summed E-state index contributed by atoms with van der Waals surface area (Å²) in [6.45, 7) is 1.89. The number of allylic oxidation sites excluding steroid dienone is 2. The summed E-state index contributed by atoms with van der Waals surface area (Å²) in [6.07, 6.45) is 4.33. The van der Waals surface area contributed by atoms with Gasteiger partial charge in [-0.3, -0.25) is 9.59 Å². The minimum absolute atomic E-state index is 0.332. The van der Waals surface area contributed by atoms with Gasteiger partial charge in [0.15, 0.2) is 0 Å². The lowest BCUT2D eigenvalue weighted by molar-refractivity contribution is -0.146. The van der Waals surface area contributed by atoms with Crippen LogP contribution < -0.4 is 10.1 Å². The molecule has 6 nitrogen and oxygen atoms in total. The van der Waals surface area contributed by atoms with Crippen molar-refractivity contribution in [3.8, 4) is 22.9 Å². The molecule has 2 atom stereocenters. The fourth-order valence-corrected chi connectivity index (χ4v) is 4.46. The topological polar surface area (TPSA) is 99.4 Å². The number of benzene rings is 1. The molecule has 1 aliphatic carbocycles. The van der Waals surface area contributed by atoms with Gasteiger partial charge >= 0.3 is 5.97 Å². The highest BCUT2D eigenvalue weighted by atomic mass is 32.1. The second-order valence-corrected chi connectivity index (χ2v) is 7.79. The summed E-state index contributed by atoms with van der Waals surface area (Å²) in [6, 6.07) is 9.56. The van der Waals surface area contributed by atoms with E-state index < -0.39 is 17.8 Å². The van der Waals surface area contributed by atoms with E-state index in [-0.39, 0.29) is 5.91 Å². The Morgan fingerprint density at radius 3 is 2.43 bits per heavy atom. The summed E-state index contributed by atoms with van der Waals surface area (Å²) < 4.78 is 5.17.